The van der Waals surface area contributed by atoms with E-state index in [1.807, 2.05) is 18.2 Å². The van der Waals surface area contributed by atoms with Gasteiger partial charge in [0.2, 0.25) is 5.91 Å². The second-order valence-corrected chi connectivity index (χ2v) is 5.60. The fourth-order valence-corrected chi connectivity index (χ4v) is 2.63. The lowest BCUT2D eigenvalue weighted by Crippen LogP contribution is -2.56. The number of nitrogens with zero attached hydrogens (tertiary/aromatic N) is 1. The van der Waals surface area contributed by atoms with Gasteiger partial charge in [-0.3, -0.25) is 9.69 Å². The van der Waals surface area contributed by atoms with Gasteiger partial charge in [0, 0.05) is 30.7 Å². The molecule has 0 bridgehead atoms. The maximum atomic E-state index is 11.4. The maximum absolute atomic E-state index is 11.4. The predicted octanol–water partition coefficient (Wildman–Crippen LogP) is 1.36. The highest BCUT2D eigenvalue weighted by atomic mass is 79.9. The van der Waals surface area contributed by atoms with E-state index in [1.54, 1.807) is 0 Å². The first kappa shape index (κ1) is 13.8. The van der Waals surface area contributed by atoms with Gasteiger partial charge in [-0.15, -0.1) is 0 Å². The zero-order valence-corrected chi connectivity index (χ0v) is 12.2. The largest absolute Gasteiger partial charge is 0.368 e. The van der Waals surface area contributed by atoms with Crippen molar-refractivity contribution in [2.45, 2.75) is 12.6 Å². The van der Waals surface area contributed by atoms with Crippen LogP contribution in [0.5, 0.6) is 0 Å². The van der Waals surface area contributed by atoms with Crippen molar-refractivity contribution in [3.05, 3.63) is 33.3 Å². The molecule has 4 nitrogen and oxygen atoms in total. The average molecular weight is 333 g/mol. The van der Waals surface area contributed by atoms with Crippen molar-refractivity contribution in [3.8, 4) is 0 Å². The van der Waals surface area contributed by atoms with Crippen molar-refractivity contribution in [2.75, 3.05) is 19.6 Å². The molecule has 98 valence electrons. The number of rotatable bonds is 3. The molecule has 0 spiro atoms. The number of primary amides is 1. The molecule has 1 aromatic rings. The van der Waals surface area contributed by atoms with E-state index in [-0.39, 0.29) is 11.9 Å². The molecule has 1 aliphatic heterocycles. The minimum atomic E-state index is -0.282. The molecule has 6 heteroatoms. The van der Waals surface area contributed by atoms with Crippen LogP contribution >= 0.6 is 27.5 Å². The van der Waals surface area contributed by atoms with E-state index in [2.05, 4.69) is 26.1 Å². The lowest BCUT2D eigenvalue weighted by Gasteiger charge is -2.34. The highest BCUT2D eigenvalue weighted by Crippen LogP contribution is 2.24. The Balaban J connectivity index is 2.10. The molecule has 18 heavy (non-hydrogen) atoms. The second-order valence-electron chi connectivity index (χ2n) is 4.34. The number of hydrogen-bond acceptors (Lipinski definition) is 3. The molecule has 3 N–H and O–H groups in total. The first-order chi connectivity index (χ1) is 8.58. The quantitative estimate of drug-likeness (QED) is 0.879. The summed E-state index contributed by atoms with van der Waals surface area (Å²) in [6.45, 7) is 3.00. The Kier molecular flexibility index (Phi) is 4.61. The fourth-order valence-electron chi connectivity index (χ4n) is 2.09. The lowest BCUT2D eigenvalue weighted by atomic mass is 10.1. The van der Waals surface area contributed by atoms with Crippen LogP contribution in [-0.2, 0) is 11.3 Å². The van der Waals surface area contributed by atoms with Gasteiger partial charge in [0.25, 0.3) is 0 Å². The van der Waals surface area contributed by atoms with Crippen LogP contribution in [0.25, 0.3) is 0 Å². The van der Waals surface area contributed by atoms with E-state index < -0.39 is 0 Å². The van der Waals surface area contributed by atoms with Gasteiger partial charge < -0.3 is 11.1 Å². The van der Waals surface area contributed by atoms with Crippen LogP contribution in [0.2, 0.25) is 5.02 Å². The molecular weight excluding hydrogens is 318 g/mol. The Hall–Kier alpha value is -0.620. The SMILES string of the molecule is NC(=O)C1CNCCN1Cc1ccc(Cl)c(Br)c1. The summed E-state index contributed by atoms with van der Waals surface area (Å²) in [6, 6.07) is 5.55. The van der Waals surface area contributed by atoms with Crippen molar-refractivity contribution >= 4 is 33.4 Å². The number of carbonyl (C=O) groups is 1. The van der Waals surface area contributed by atoms with E-state index in [9.17, 15) is 4.79 Å². The Morgan fingerprint density at radius 2 is 2.39 bits per heavy atom. The molecule has 1 aromatic carbocycles. The number of amides is 1. The second kappa shape index (κ2) is 6.02. The van der Waals surface area contributed by atoms with E-state index >= 15 is 0 Å². The van der Waals surface area contributed by atoms with Crippen molar-refractivity contribution in [1.29, 1.82) is 0 Å². The van der Waals surface area contributed by atoms with Crippen LogP contribution in [0.15, 0.2) is 22.7 Å². The third-order valence-electron chi connectivity index (χ3n) is 3.05. The van der Waals surface area contributed by atoms with E-state index in [1.165, 1.54) is 0 Å². The van der Waals surface area contributed by atoms with Crippen molar-refractivity contribution in [3.63, 3.8) is 0 Å². The fraction of sp³-hybridized carbons (Fsp3) is 0.417. The number of hydrogen-bond donors (Lipinski definition) is 2. The van der Waals surface area contributed by atoms with Gasteiger partial charge in [-0.25, -0.2) is 0 Å². The molecule has 2 rings (SSSR count). The van der Waals surface area contributed by atoms with E-state index in [0.717, 1.165) is 23.1 Å². The summed E-state index contributed by atoms with van der Waals surface area (Å²) < 4.78 is 0.868. The van der Waals surface area contributed by atoms with Gasteiger partial charge in [0.15, 0.2) is 0 Å². The average Bonchev–Trinajstić information content (AvgIpc) is 2.34. The molecule has 1 heterocycles. The van der Waals surface area contributed by atoms with Crippen molar-refractivity contribution in [2.24, 2.45) is 5.73 Å². The first-order valence-electron chi connectivity index (χ1n) is 5.76. The monoisotopic (exact) mass is 331 g/mol. The molecule has 1 aliphatic rings. The molecule has 0 radical (unpaired) electrons. The molecular formula is C12H15BrClN3O. The molecule has 0 aromatic heterocycles. The summed E-state index contributed by atoms with van der Waals surface area (Å²) in [6.07, 6.45) is 0. The topological polar surface area (TPSA) is 58.4 Å². The van der Waals surface area contributed by atoms with Crippen molar-refractivity contribution < 1.29 is 4.79 Å². The third-order valence-corrected chi connectivity index (χ3v) is 4.27. The van der Waals surface area contributed by atoms with E-state index in [0.29, 0.717) is 18.1 Å². The van der Waals surface area contributed by atoms with Crippen LogP contribution in [0.4, 0.5) is 0 Å². The molecule has 1 unspecified atom stereocenters. The maximum Gasteiger partial charge on any atom is 0.236 e. The molecule has 1 amide bonds. The van der Waals surface area contributed by atoms with Gasteiger partial charge in [0.05, 0.1) is 5.02 Å². The van der Waals surface area contributed by atoms with Gasteiger partial charge >= 0.3 is 0 Å². The number of carbonyl (C=O) groups excluding carboxylic acids is 1. The molecule has 0 saturated carbocycles. The zero-order chi connectivity index (χ0) is 13.1. The summed E-state index contributed by atoms with van der Waals surface area (Å²) in [5, 5.41) is 3.87. The first-order valence-corrected chi connectivity index (χ1v) is 6.93. The smallest absolute Gasteiger partial charge is 0.236 e. The Morgan fingerprint density at radius 1 is 1.61 bits per heavy atom. The Bertz CT molecular complexity index is 455. The standard InChI is InChI=1S/C12H15BrClN3O/c13-9-5-8(1-2-10(9)14)7-17-4-3-16-6-11(17)12(15)18/h1-2,5,11,16H,3-4,6-7H2,(H2,15,18). The number of benzene rings is 1. The van der Waals surface area contributed by atoms with Crippen LogP contribution in [0.3, 0.4) is 0 Å². The summed E-state index contributed by atoms with van der Waals surface area (Å²) in [4.78, 5) is 13.5. The van der Waals surface area contributed by atoms with Crippen LogP contribution in [0, 0.1) is 0 Å². The molecule has 1 saturated heterocycles. The van der Waals surface area contributed by atoms with Crippen LogP contribution < -0.4 is 11.1 Å². The zero-order valence-electron chi connectivity index (χ0n) is 9.83. The van der Waals surface area contributed by atoms with E-state index in [4.69, 9.17) is 17.3 Å². The Morgan fingerprint density at radius 3 is 3.06 bits per heavy atom. The summed E-state index contributed by atoms with van der Waals surface area (Å²) >= 11 is 9.36. The molecule has 1 fully saturated rings. The highest BCUT2D eigenvalue weighted by molar-refractivity contribution is 9.10. The van der Waals surface area contributed by atoms with Crippen molar-refractivity contribution in [1.82, 2.24) is 10.2 Å². The number of nitrogens with two attached hydrogens (primary N) is 1. The summed E-state index contributed by atoms with van der Waals surface area (Å²) in [5.74, 6) is -0.282. The van der Waals surface area contributed by atoms with Gasteiger partial charge in [-0.2, -0.15) is 0 Å². The minimum absolute atomic E-state index is 0.242. The summed E-state index contributed by atoms with van der Waals surface area (Å²) in [5.41, 5.74) is 6.52. The summed E-state index contributed by atoms with van der Waals surface area (Å²) in [7, 11) is 0. The van der Waals surface area contributed by atoms with Gasteiger partial charge in [0.1, 0.15) is 6.04 Å². The lowest BCUT2D eigenvalue weighted by molar-refractivity contribution is -0.124. The van der Waals surface area contributed by atoms with Crippen LogP contribution in [-0.4, -0.2) is 36.5 Å². The van der Waals surface area contributed by atoms with Gasteiger partial charge in [-0.05, 0) is 33.6 Å². The Labute approximate surface area is 120 Å². The molecule has 1 atom stereocenters. The number of halogens is 2. The third kappa shape index (κ3) is 3.23. The molecule has 0 aliphatic carbocycles. The predicted molar refractivity (Wildman–Crippen MR) is 75.4 cm³/mol. The normalized spacial score (nSPS) is 20.9. The number of piperazine rings is 1. The van der Waals surface area contributed by atoms with Gasteiger partial charge in [-0.1, -0.05) is 17.7 Å². The minimum Gasteiger partial charge on any atom is -0.368 e. The van der Waals surface area contributed by atoms with Crippen LogP contribution in [0.1, 0.15) is 5.56 Å². The number of nitrogens with one attached hydrogen (secondary N) is 1. The highest BCUT2D eigenvalue weighted by Gasteiger charge is 2.26.